The van der Waals surface area contributed by atoms with Crippen LogP contribution in [0.4, 0.5) is 0 Å². The maximum Gasteiger partial charge on any atom is 0.238 e. The van der Waals surface area contributed by atoms with Crippen LogP contribution in [-0.4, -0.2) is 37.8 Å². The molecule has 13 heteroatoms. The second-order valence-electron chi connectivity index (χ2n) is 31.3. The van der Waals surface area contributed by atoms with E-state index in [1.54, 1.807) is 0 Å². The zero-order valence-corrected chi connectivity index (χ0v) is 76.7. The lowest BCUT2D eigenvalue weighted by Gasteiger charge is -2.10. The summed E-state index contributed by atoms with van der Waals surface area (Å²) in [7, 11) is 0. The van der Waals surface area contributed by atoms with Crippen LogP contribution in [0.5, 0.6) is 0 Å². The molecular formula is C115H75Br5N8. The standard InChI is InChI=1S/C27H17BrN4.2C24H16BrN.C22H14BrN.C18H12BrN/c28-20-15-16-24-22(17-20)21-13-7-8-14-23(21)32(24)27-30-25(18-9-3-1-4-10-18)29-26(31-27)19-11-5-2-6-12-19;25-19-13-14-24-22(16-19)21-11-4-5-12-23(21)26(24)20-10-6-9-18(15-20)17-7-2-1-3-8-17;25-19-12-15-24-22(16-19)21-8-4-5-9-23(21)26(24)20-13-10-18(11-14-20)17-6-2-1-3-7-17;23-17-10-12-22-20(14-17)19-7-3-4-8-21(19)24(22)18-11-9-15-5-1-2-6-16(15)13-18;19-13-10-11-18-16(12-13)15-8-4-5-9-17(15)20(18)14-6-2-1-3-7-14/h1-17H;2*1-16H;1-14H;1-12H. The molecule has 25 aromatic rings. The lowest BCUT2D eigenvalue weighted by atomic mass is 10.1. The Morgan fingerprint density at radius 1 is 0.148 bits per heavy atom. The minimum Gasteiger partial charge on any atom is -0.309 e. The summed E-state index contributed by atoms with van der Waals surface area (Å²) >= 11 is 18.0. The van der Waals surface area contributed by atoms with Crippen LogP contribution in [-0.2, 0) is 0 Å². The molecule has 0 fully saturated rings. The van der Waals surface area contributed by atoms with Gasteiger partial charge in [-0.05, 0) is 203 Å². The zero-order valence-electron chi connectivity index (χ0n) is 68.8. The van der Waals surface area contributed by atoms with Gasteiger partial charge in [-0.3, -0.25) is 4.57 Å². The van der Waals surface area contributed by atoms with Crippen molar-refractivity contribution in [1.82, 2.24) is 37.8 Å². The molecule has 128 heavy (non-hydrogen) atoms. The molecule has 0 radical (unpaired) electrons. The van der Waals surface area contributed by atoms with Crippen LogP contribution < -0.4 is 0 Å². The summed E-state index contributed by atoms with van der Waals surface area (Å²) in [5, 5.41) is 15.0. The van der Waals surface area contributed by atoms with Gasteiger partial charge in [0, 0.05) is 110 Å². The molecule has 0 aliphatic carbocycles. The van der Waals surface area contributed by atoms with Gasteiger partial charge in [0.05, 0.1) is 55.2 Å². The first kappa shape index (κ1) is 80.9. The molecule has 0 saturated heterocycles. The van der Waals surface area contributed by atoms with Gasteiger partial charge in [-0.15, -0.1) is 0 Å². The fourth-order valence-corrected chi connectivity index (χ4v) is 19.5. The molecule has 6 heterocycles. The highest BCUT2D eigenvalue weighted by molar-refractivity contribution is 9.11. The van der Waals surface area contributed by atoms with Crippen molar-refractivity contribution in [3.8, 4) is 73.7 Å². The van der Waals surface area contributed by atoms with E-state index in [0.717, 1.165) is 55.3 Å². The summed E-state index contributed by atoms with van der Waals surface area (Å²) in [4.78, 5) is 14.7. The Hall–Kier alpha value is -14.2. The minimum atomic E-state index is 0.603. The van der Waals surface area contributed by atoms with Gasteiger partial charge in [-0.1, -0.05) is 365 Å². The highest BCUT2D eigenvalue weighted by atomic mass is 79.9. The number of fused-ring (bicyclic) bond motifs is 16. The van der Waals surface area contributed by atoms with Gasteiger partial charge in [0.2, 0.25) is 5.95 Å². The molecule has 0 spiro atoms. The third-order valence-corrected chi connectivity index (χ3v) is 26.0. The first-order chi connectivity index (χ1) is 63.0. The van der Waals surface area contributed by atoms with Crippen LogP contribution in [0.2, 0.25) is 0 Å². The number of para-hydroxylation sites is 6. The van der Waals surface area contributed by atoms with E-state index in [-0.39, 0.29) is 0 Å². The quantitative estimate of drug-likeness (QED) is 0.145. The van der Waals surface area contributed by atoms with E-state index in [2.05, 4.69) is 479 Å². The number of nitrogens with zero attached hydrogens (tertiary/aromatic N) is 8. The van der Waals surface area contributed by atoms with Crippen molar-refractivity contribution in [1.29, 1.82) is 0 Å². The van der Waals surface area contributed by atoms with Gasteiger partial charge in [-0.2, -0.15) is 9.97 Å². The maximum absolute atomic E-state index is 4.92. The largest absolute Gasteiger partial charge is 0.309 e. The van der Waals surface area contributed by atoms with Gasteiger partial charge in [0.15, 0.2) is 11.6 Å². The van der Waals surface area contributed by atoms with Gasteiger partial charge < -0.3 is 18.3 Å². The molecule has 0 atom stereocenters. The number of hydrogen-bond donors (Lipinski definition) is 0. The van der Waals surface area contributed by atoms with E-state index in [1.165, 1.54) is 143 Å². The smallest absolute Gasteiger partial charge is 0.238 e. The Labute approximate surface area is 781 Å². The van der Waals surface area contributed by atoms with E-state index in [4.69, 9.17) is 15.0 Å². The summed E-state index contributed by atoms with van der Waals surface area (Å²) in [5.41, 5.74) is 23.6. The van der Waals surface area contributed by atoms with E-state index in [0.29, 0.717) is 17.6 Å². The number of hydrogen-bond acceptors (Lipinski definition) is 3. The van der Waals surface area contributed by atoms with Crippen molar-refractivity contribution in [2.45, 2.75) is 0 Å². The van der Waals surface area contributed by atoms with Crippen LogP contribution in [0.15, 0.2) is 477 Å². The van der Waals surface area contributed by atoms with Crippen LogP contribution in [0, 0.1) is 0 Å². The van der Waals surface area contributed by atoms with Gasteiger partial charge in [0.25, 0.3) is 0 Å². The lowest BCUT2D eigenvalue weighted by Crippen LogP contribution is -2.06. The third-order valence-electron chi connectivity index (χ3n) is 23.5. The molecule has 6 aromatic heterocycles. The molecule has 0 bridgehead atoms. The topological polar surface area (TPSA) is 63.3 Å². The molecule has 19 aromatic carbocycles. The Morgan fingerprint density at radius 3 is 0.797 bits per heavy atom. The Balaban J connectivity index is 0.0000000979. The number of benzene rings is 19. The van der Waals surface area contributed by atoms with Gasteiger partial charge in [-0.25, -0.2) is 4.98 Å². The second kappa shape index (κ2) is 35.7. The summed E-state index contributed by atoms with van der Waals surface area (Å²) in [6, 6.07) is 159. The Kier molecular flexibility index (Phi) is 22.6. The number of aromatic nitrogens is 8. The predicted molar refractivity (Wildman–Crippen MR) is 555 cm³/mol. The molecule has 8 nitrogen and oxygen atoms in total. The molecule has 610 valence electrons. The number of halogens is 5. The molecule has 25 rings (SSSR count). The summed E-state index contributed by atoms with van der Waals surface area (Å²) in [6.07, 6.45) is 0. The van der Waals surface area contributed by atoms with E-state index in [9.17, 15) is 0 Å². The predicted octanol–water partition coefficient (Wildman–Crippen LogP) is 33.7. The normalized spacial score (nSPS) is 11.3. The second-order valence-corrected chi connectivity index (χ2v) is 35.9. The molecule has 0 saturated carbocycles. The van der Waals surface area contributed by atoms with Crippen LogP contribution in [0.1, 0.15) is 0 Å². The average molecular weight is 1970 g/mol. The van der Waals surface area contributed by atoms with Crippen molar-refractivity contribution < 1.29 is 0 Å². The fourth-order valence-electron chi connectivity index (χ4n) is 17.7. The maximum atomic E-state index is 4.92. The van der Waals surface area contributed by atoms with Crippen LogP contribution in [0.3, 0.4) is 0 Å². The SMILES string of the molecule is Brc1ccc2c(c1)c1ccccc1n2-c1ccc(-c2ccccc2)cc1.Brc1ccc2c(c1)c1ccccc1n2-c1ccc2ccccc2c1.Brc1ccc2c(c1)c1ccccc1n2-c1cccc(-c2ccccc2)c1.Brc1ccc2c(c1)c1ccccc1n2-c1ccccc1.Brc1ccc2c(c1)c1ccccc1n2-c1nc(-c2ccccc2)nc(-c2ccccc2)n1. The summed E-state index contributed by atoms with van der Waals surface area (Å²) in [6.45, 7) is 0. The van der Waals surface area contributed by atoms with Crippen molar-refractivity contribution in [2.24, 2.45) is 0 Å². The summed E-state index contributed by atoms with van der Waals surface area (Å²) in [5.74, 6) is 1.90. The van der Waals surface area contributed by atoms with Gasteiger partial charge >= 0.3 is 0 Å². The minimum absolute atomic E-state index is 0.603. The van der Waals surface area contributed by atoms with E-state index in [1.807, 2.05) is 78.9 Å². The molecule has 0 aliphatic rings. The summed E-state index contributed by atoms with van der Waals surface area (Å²) < 4.78 is 16.9. The molecule has 0 N–H and O–H groups in total. The molecule has 0 amide bonds. The van der Waals surface area contributed by atoms with Crippen molar-refractivity contribution in [3.63, 3.8) is 0 Å². The van der Waals surface area contributed by atoms with Crippen molar-refractivity contribution in [3.05, 3.63) is 477 Å². The first-order valence-corrected chi connectivity index (χ1v) is 46.2. The fraction of sp³-hybridized carbons (Fsp3) is 0. The van der Waals surface area contributed by atoms with Crippen LogP contribution >= 0.6 is 79.6 Å². The third kappa shape index (κ3) is 15.9. The zero-order chi connectivity index (χ0) is 86.1. The van der Waals surface area contributed by atoms with Crippen LogP contribution in [0.25, 0.3) is 194 Å². The molecule has 0 aliphatic heterocycles. The van der Waals surface area contributed by atoms with Gasteiger partial charge in [0.1, 0.15) is 0 Å². The number of rotatable bonds is 9. The lowest BCUT2D eigenvalue weighted by molar-refractivity contribution is 0.953. The highest BCUT2D eigenvalue weighted by Gasteiger charge is 2.21. The van der Waals surface area contributed by atoms with E-state index >= 15 is 0 Å². The Bertz CT molecular complexity index is 8380. The first-order valence-electron chi connectivity index (χ1n) is 42.2. The monoisotopic (exact) mass is 1960 g/mol. The Morgan fingerprint density at radius 2 is 0.406 bits per heavy atom. The average Bonchev–Trinajstić information content (AvgIpc) is 1.67. The molecule has 0 unspecified atom stereocenters. The van der Waals surface area contributed by atoms with E-state index < -0.39 is 0 Å². The molecular weight excluding hydrogens is 1890 g/mol. The van der Waals surface area contributed by atoms with Crippen molar-refractivity contribution >= 4 is 199 Å². The highest BCUT2D eigenvalue weighted by Crippen LogP contribution is 2.42. The van der Waals surface area contributed by atoms with Crippen molar-refractivity contribution in [2.75, 3.05) is 0 Å².